The predicted octanol–water partition coefficient (Wildman–Crippen LogP) is 5.65. The van der Waals surface area contributed by atoms with Crippen molar-refractivity contribution in [2.75, 3.05) is 12.0 Å². The number of rotatable bonds is 12. The predicted molar refractivity (Wildman–Crippen MR) is 155 cm³/mol. The Bertz CT molecular complexity index is 1820. The van der Waals surface area contributed by atoms with Crippen LogP contribution in [0, 0.1) is 11.2 Å². The number of sulfone groups is 1. The molecule has 13 heteroatoms. The highest BCUT2D eigenvalue weighted by atomic mass is 32.2. The van der Waals surface area contributed by atoms with Crippen LogP contribution in [0.25, 0.3) is 11.1 Å². The Morgan fingerprint density at radius 2 is 1.84 bits per heavy atom. The first-order chi connectivity index (χ1) is 20.7. The molecule has 3 aromatic heterocycles. The summed E-state index contributed by atoms with van der Waals surface area (Å²) in [5, 5.41) is 12.6. The number of ketones is 1. The molecule has 1 saturated carbocycles. The number of alkyl halides is 3. The molecule has 4 aromatic rings. The third-order valence-electron chi connectivity index (χ3n) is 7.82. The zero-order valence-corrected chi connectivity index (χ0v) is 24.9. The summed E-state index contributed by atoms with van der Waals surface area (Å²) in [6, 6.07) is 9.00. The number of carbonyl (C=O) groups is 1. The van der Waals surface area contributed by atoms with Crippen molar-refractivity contribution in [3.63, 3.8) is 0 Å². The van der Waals surface area contributed by atoms with E-state index in [-0.39, 0.29) is 42.0 Å². The number of carbonyl (C=O) groups excluding carboxylic acids is 1. The van der Waals surface area contributed by atoms with Crippen molar-refractivity contribution < 1.29 is 35.2 Å². The van der Waals surface area contributed by atoms with Gasteiger partial charge in [-0.3, -0.25) is 19.9 Å². The highest BCUT2D eigenvalue weighted by Crippen LogP contribution is 2.59. The van der Waals surface area contributed by atoms with Crippen molar-refractivity contribution in [1.82, 2.24) is 14.8 Å². The summed E-state index contributed by atoms with van der Waals surface area (Å²) in [5.41, 5.74) is 1.07. The summed E-state index contributed by atoms with van der Waals surface area (Å²) in [4.78, 5) is 17.2. The largest absolute Gasteiger partial charge is 0.468 e. The van der Waals surface area contributed by atoms with Crippen molar-refractivity contribution in [2.24, 2.45) is 0 Å². The molecule has 0 bridgehead atoms. The highest BCUT2D eigenvalue weighted by molar-refractivity contribution is 7.90. The number of aryl methyl sites for hydroxylation is 2. The van der Waals surface area contributed by atoms with Crippen molar-refractivity contribution in [1.29, 1.82) is 5.41 Å². The summed E-state index contributed by atoms with van der Waals surface area (Å²) in [6.45, 7) is 2.23. The molecular formula is C31H30F4N4O4S. The summed E-state index contributed by atoms with van der Waals surface area (Å²) < 4.78 is 84.9. The molecular weight excluding hydrogens is 600 g/mol. The number of benzene rings is 1. The molecule has 1 fully saturated rings. The van der Waals surface area contributed by atoms with Crippen LogP contribution in [-0.4, -0.2) is 52.9 Å². The molecule has 0 spiro atoms. The molecule has 0 aliphatic heterocycles. The minimum absolute atomic E-state index is 0.00652. The van der Waals surface area contributed by atoms with E-state index in [4.69, 9.17) is 9.83 Å². The van der Waals surface area contributed by atoms with Gasteiger partial charge in [-0.15, -0.1) is 0 Å². The van der Waals surface area contributed by atoms with E-state index in [9.17, 15) is 26.4 Å². The maximum absolute atomic E-state index is 15.0. The van der Waals surface area contributed by atoms with Crippen LogP contribution in [0.3, 0.4) is 0 Å². The molecule has 3 heterocycles. The Morgan fingerprint density at radius 3 is 2.43 bits per heavy atom. The van der Waals surface area contributed by atoms with Gasteiger partial charge in [-0.1, -0.05) is 25.1 Å². The number of halogens is 4. The third-order valence-corrected chi connectivity index (χ3v) is 8.74. The molecule has 8 nitrogen and oxygen atoms in total. The van der Waals surface area contributed by atoms with Crippen LogP contribution in [-0.2, 0) is 45.9 Å². The number of aromatic nitrogens is 3. The van der Waals surface area contributed by atoms with Crippen LogP contribution in [0.15, 0.2) is 59.5 Å². The second-order valence-electron chi connectivity index (χ2n) is 11.1. The van der Waals surface area contributed by atoms with Gasteiger partial charge in [-0.25, -0.2) is 12.8 Å². The number of hydrogen-bond acceptors (Lipinski definition) is 7. The van der Waals surface area contributed by atoms with Gasteiger partial charge in [0, 0.05) is 48.3 Å². The fraction of sp³-hybridized carbons (Fsp3) is 0.355. The SMILES string of the molecule is CCc1nn(CCS(C)(=O)=O)cc1Cc1ccc(-c2ccc(CC(=O)C(=N)c3coc(C4(C(F)(F)F)CC4)c3)c(F)c2)cn1. The van der Waals surface area contributed by atoms with Gasteiger partial charge in [0.05, 0.1) is 18.0 Å². The molecule has 1 N–H and O–H groups in total. The zero-order chi connectivity index (χ0) is 31.9. The molecule has 0 radical (unpaired) electrons. The second kappa shape index (κ2) is 11.8. The fourth-order valence-electron chi connectivity index (χ4n) is 5.02. The second-order valence-corrected chi connectivity index (χ2v) is 13.4. The Labute approximate surface area is 251 Å². The van der Waals surface area contributed by atoms with Gasteiger partial charge in [-0.2, -0.15) is 18.3 Å². The summed E-state index contributed by atoms with van der Waals surface area (Å²) in [7, 11) is -3.12. The summed E-state index contributed by atoms with van der Waals surface area (Å²) in [5.74, 6) is -1.74. The van der Waals surface area contributed by atoms with Crippen LogP contribution < -0.4 is 0 Å². The molecule has 1 aliphatic carbocycles. The number of pyridine rings is 1. The molecule has 232 valence electrons. The molecule has 0 amide bonds. The van der Waals surface area contributed by atoms with Crippen LogP contribution >= 0.6 is 0 Å². The molecule has 0 unspecified atom stereocenters. The molecule has 0 atom stereocenters. The third kappa shape index (κ3) is 6.67. The van der Waals surface area contributed by atoms with E-state index in [2.05, 4.69) is 10.1 Å². The van der Waals surface area contributed by atoms with E-state index in [0.717, 1.165) is 29.3 Å². The number of nitrogens with one attached hydrogen (secondary N) is 1. The van der Waals surface area contributed by atoms with E-state index in [1.807, 2.05) is 19.2 Å². The smallest absolute Gasteiger partial charge is 0.401 e. The first kappa shape index (κ1) is 31.3. The summed E-state index contributed by atoms with van der Waals surface area (Å²) in [6.07, 6.45) is 1.59. The van der Waals surface area contributed by atoms with E-state index in [1.54, 1.807) is 23.0 Å². The quantitative estimate of drug-likeness (QED) is 0.160. The van der Waals surface area contributed by atoms with Gasteiger partial charge in [0.2, 0.25) is 0 Å². The van der Waals surface area contributed by atoms with Gasteiger partial charge < -0.3 is 4.42 Å². The van der Waals surface area contributed by atoms with Crippen LogP contribution in [0.4, 0.5) is 17.6 Å². The molecule has 0 saturated heterocycles. The Hall–Kier alpha value is -4.13. The van der Waals surface area contributed by atoms with Gasteiger partial charge in [0.15, 0.2) is 5.78 Å². The minimum Gasteiger partial charge on any atom is -0.468 e. The maximum atomic E-state index is 15.0. The fourth-order valence-corrected chi connectivity index (χ4v) is 5.54. The monoisotopic (exact) mass is 630 g/mol. The minimum atomic E-state index is -4.49. The average Bonchev–Trinajstić information content (AvgIpc) is 3.48. The lowest BCUT2D eigenvalue weighted by molar-refractivity contribution is -0.164. The van der Waals surface area contributed by atoms with Crippen molar-refractivity contribution in [2.45, 2.75) is 57.2 Å². The van der Waals surface area contributed by atoms with Gasteiger partial charge >= 0.3 is 6.18 Å². The Kier molecular flexibility index (Phi) is 8.36. The topological polar surface area (TPSA) is 119 Å². The molecule has 5 rings (SSSR count). The van der Waals surface area contributed by atoms with Crippen molar-refractivity contribution >= 4 is 21.3 Å². The van der Waals surface area contributed by atoms with Gasteiger partial charge in [0.1, 0.15) is 38.8 Å². The van der Waals surface area contributed by atoms with Gasteiger partial charge in [0.25, 0.3) is 0 Å². The number of furan rings is 1. The molecule has 1 aromatic carbocycles. The van der Waals surface area contributed by atoms with Gasteiger partial charge in [-0.05, 0) is 54.2 Å². The van der Waals surface area contributed by atoms with Crippen LogP contribution in [0.1, 0.15) is 53.6 Å². The number of nitrogens with zero attached hydrogens (tertiary/aromatic N) is 3. The number of Topliss-reactive ketones (excluding diaryl/α,β-unsaturated/α-hetero) is 1. The summed E-state index contributed by atoms with van der Waals surface area (Å²) >= 11 is 0. The molecule has 44 heavy (non-hydrogen) atoms. The maximum Gasteiger partial charge on any atom is 0.401 e. The lowest BCUT2D eigenvalue weighted by atomic mass is 9.97. The van der Waals surface area contributed by atoms with E-state index < -0.39 is 45.2 Å². The Balaban J connectivity index is 1.23. The zero-order valence-electron chi connectivity index (χ0n) is 24.0. The van der Waals surface area contributed by atoms with E-state index in [0.29, 0.717) is 24.0 Å². The highest BCUT2D eigenvalue weighted by Gasteiger charge is 2.66. The molecule has 1 aliphatic rings. The Morgan fingerprint density at radius 1 is 1.11 bits per heavy atom. The normalized spacial score (nSPS) is 14.5. The first-order valence-electron chi connectivity index (χ1n) is 13.9. The van der Waals surface area contributed by atoms with Crippen molar-refractivity contribution in [3.8, 4) is 11.1 Å². The van der Waals surface area contributed by atoms with E-state index in [1.165, 1.54) is 18.4 Å². The van der Waals surface area contributed by atoms with Crippen molar-refractivity contribution in [3.05, 3.63) is 94.7 Å². The van der Waals surface area contributed by atoms with Crippen LogP contribution in [0.2, 0.25) is 0 Å². The first-order valence-corrected chi connectivity index (χ1v) is 16.0. The lowest BCUT2D eigenvalue weighted by Gasteiger charge is -2.15. The average molecular weight is 631 g/mol. The lowest BCUT2D eigenvalue weighted by Crippen LogP contribution is -2.28. The standard InChI is InChI=1S/C31H30F4N4O4S/c1-3-26-22(17-39(38-26)10-11-44(2,41)42)12-24-7-6-21(16-37-24)19-4-5-20(25(32)13-19)14-27(40)29(36)23-15-28(43-18-23)30(8-9-30)31(33,34)35/h4-7,13,15-18,36H,3,8-12,14H2,1-2H3. The van der Waals surface area contributed by atoms with E-state index >= 15 is 4.39 Å². The van der Waals surface area contributed by atoms with Crippen LogP contribution in [0.5, 0.6) is 0 Å². The number of hydrogen-bond donors (Lipinski definition) is 1.